The maximum atomic E-state index is 13.2. The van der Waals surface area contributed by atoms with E-state index < -0.39 is 17.4 Å². The van der Waals surface area contributed by atoms with Gasteiger partial charge >= 0.3 is 5.97 Å². The summed E-state index contributed by atoms with van der Waals surface area (Å²) in [5.74, 6) is -1.37. The lowest BCUT2D eigenvalue weighted by atomic mass is 9.77. The number of fused-ring (bicyclic) bond motifs is 1. The fourth-order valence-electron chi connectivity index (χ4n) is 4.46. The van der Waals surface area contributed by atoms with Gasteiger partial charge in [0.05, 0.1) is 25.2 Å². The van der Waals surface area contributed by atoms with E-state index in [1.807, 2.05) is 43.3 Å². The SMILES string of the molecule is CCCCCOC(=O)[C@@H]1[C@H]2C=C[C@]3(CN(c4ccccc4C)C(=O)[C@@H]13)O2. The van der Waals surface area contributed by atoms with Crippen molar-refractivity contribution in [2.24, 2.45) is 11.8 Å². The number of aryl methyl sites for hydroxylation is 1. The predicted molar refractivity (Wildman–Crippen MR) is 97.7 cm³/mol. The number of anilines is 1. The van der Waals surface area contributed by atoms with E-state index in [9.17, 15) is 9.59 Å². The van der Waals surface area contributed by atoms with Gasteiger partial charge in [0.25, 0.3) is 0 Å². The van der Waals surface area contributed by atoms with Gasteiger partial charge in [-0.15, -0.1) is 0 Å². The molecule has 26 heavy (non-hydrogen) atoms. The maximum absolute atomic E-state index is 13.2. The fourth-order valence-corrected chi connectivity index (χ4v) is 4.46. The Labute approximate surface area is 154 Å². The van der Waals surface area contributed by atoms with Gasteiger partial charge < -0.3 is 14.4 Å². The van der Waals surface area contributed by atoms with E-state index in [1.54, 1.807) is 4.90 Å². The molecule has 3 aliphatic rings. The molecule has 1 amide bonds. The molecule has 4 rings (SSSR count). The minimum Gasteiger partial charge on any atom is -0.465 e. The molecule has 2 bridgehead atoms. The fraction of sp³-hybridized carbons (Fsp3) is 0.524. The summed E-state index contributed by atoms with van der Waals surface area (Å²) in [6, 6.07) is 7.81. The highest BCUT2D eigenvalue weighted by Gasteiger charge is 2.67. The molecule has 5 nitrogen and oxygen atoms in total. The lowest BCUT2D eigenvalue weighted by Gasteiger charge is -2.23. The van der Waals surface area contributed by atoms with Gasteiger partial charge in [0, 0.05) is 5.69 Å². The first-order valence-electron chi connectivity index (χ1n) is 9.48. The zero-order chi connectivity index (χ0) is 18.3. The van der Waals surface area contributed by atoms with Crippen molar-refractivity contribution in [1.82, 2.24) is 0 Å². The topological polar surface area (TPSA) is 55.8 Å². The average molecular weight is 355 g/mol. The molecule has 2 saturated heterocycles. The Morgan fingerprint density at radius 2 is 2.15 bits per heavy atom. The number of unbranched alkanes of at least 4 members (excludes halogenated alkanes) is 2. The number of carbonyl (C=O) groups is 2. The summed E-state index contributed by atoms with van der Waals surface area (Å²) in [5, 5.41) is 0. The number of esters is 1. The molecule has 0 aliphatic carbocycles. The average Bonchev–Trinajstić information content (AvgIpc) is 3.27. The Kier molecular flexibility index (Phi) is 4.35. The maximum Gasteiger partial charge on any atom is 0.312 e. The second-order valence-corrected chi connectivity index (χ2v) is 7.49. The highest BCUT2D eigenvalue weighted by molar-refractivity contribution is 6.03. The van der Waals surface area contributed by atoms with Crippen LogP contribution in [-0.4, -0.2) is 36.7 Å². The first-order valence-corrected chi connectivity index (χ1v) is 9.48. The van der Waals surface area contributed by atoms with Crippen LogP contribution in [0.25, 0.3) is 0 Å². The molecule has 1 aromatic carbocycles. The highest BCUT2D eigenvalue weighted by atomic mass is 16.6. The van der Waals surface area contributed by atoms with E-state index in [0.717, 1.165) is 30.5 Å². The third-order valence-electron chi connectivity index (χ3n) is 5.77. The van der Waals surface area contributed by atoms with Gasteiger partial charge in [0.15, 0.2) is 0 Å². The van der Waals surface area contributed by atoms with Crippen LogP contribution in [0, 0.1) is 18.8 Å². The Morgan fingerprint density at radius 3 is 2.92 bits per heavy atom. The Morgan fingerprint density at radius 1 is 1.35 bits per heavy atom. The zero-order valence-corrected chi connectivity index (χ0v) is 15.3. The van der Waals surface area contributed by atoms with Crippen molar-refractivity contribution in [2.75, 3.05) is 18.1 Å². The summed E-state index contributed by atoms with van der Waals surface area (Å²) >= 11 is 0. The van der Waals surface area contributed by atoms with Crippen LogP contribution in [0.15, 0.2) is 36.4 Å². The highest BCUT2D eigenvalue weighted by Crippen LogP contribution is 2.53. The summed E-state index contributed by atoms with van der Waals surface area (Å²) in [5.41, 5.74) is 1.23. The summed E-state index contributed by atoms with van der Waals surface area (Å²) in [6.45, 7) is 4.96. The molecule has 2 fully saturated rings. The Bertz CT molecular complexity index is 758. The van der Waals surface area contributed by atoms with Gasteiger partial charge in [-0.3, -0.25) is 9.59 Å². The smallest absolute Gasteiger partial charge is 0.312 e. The number of amides is 1. The van der Waals surface area contributed by atoms with Crippen molar-refractivity contribution in [3.8, 4) is 0 Å². The number of para-hydroxylation sites is 1. The van der Waals surface area contributed by atoms with E-state index >= 15 is 0 Å². The van der Waals surface area contributed by atoms with E-state index in [4.69, 9.17) is 9.47 Å². The van der Waals surface area contributed by atoms with Gasteiger partial charge in [0.2, 0.25) is 5.91 Å². The molecule has 0 unspecified atom stereocenters. The first kappa shape index (κ1) is 17.3. The normalized spacial score (nSPS) is 31.5. The summed E-state index contributed by atoms with van der Waals surface area (Å²) in [7, 11) is 0. The second-order valence-electron chi connectivity index (χ2n) is 7.49. The van der Waals surface area contributed by atoms with Crippen LogP contribution in [-0.2, 0) is 19.1 Å². The molecular formula is C21H25NO4. The van der Waals surface area contributed by atoms with Crippen LogP contribution in [0.4, 0.5) is 5.69 Å². The molecule has 0 radical (unpaired) electrons. The van der Waals surface area contributed by atoms with Crippen LogP contribution in [0.3, 0.4) is 0 Å². The Balaban J connectivity index is 1.56. The van der Waals surface area contributed by atoms with E-state index in [-0.39, 0.29) is 18.0 Å². The van der Waals surface area contributed by atoms with E-state index in [0.29, 0.717) is 13.2 Å². The third kappa shape index (κ3) is 2.57. The first-order chi connectivity index (χ1) is 12.6. The Hall–Kier alpha value is -2.14. The molecule has 1 aromatic rings. The summed E-state index contributed by atoms with van der Waals surface area (Å²) in [4.78, 5) is 27.7. The number of ether oxygens (including phenoxy) is 2. The molecule has 4 atom stereocenters. The predicted octanol–water partition coefficient (Wildman–Crippen LogP) is 3.01. The second kappa shape index (κ2) is 6.54. The molecule has 1 spiro atoms. The van der Waals surface area contributed by atoms with Crippen molar-refractivity contribution in [1.29, 1.82) is 0 Å². The zero-order valence-electron chi connectivity index (χ0n) is 15.3. The lowest BCUT2D eigenvalue weighted by Crippen LogP contribution is -2.40. The standard InChI is InChI=1S/C21H25NO4/c1-3-4-7-12-25-20(24)17-16-10-11-21(26-16)13-22(19(23)18(17)21)15-9-6-5-8-14(15)2/h5-6,8-11,16-18H,3-4,7,12-13H2,1-2H3/t16-,17-,18-,21-/m1/s1. The van der Waals surface area contributed by atoms with Gasteiger partial charge in [-0.1, -0.05) is 50.1 Å². The van der Waals surface area contributed by atoms with Gasteiger partial charge in [-0.05, 0) is 25.0 Å². The van der Waals surface area contributed by atoms with Crippen molar-refractivity contribution < 1.29 is 19.1 Å². The van der Waals surface area contributed by atoms with Gasteiger partial charge in [-0.25, -0.2) is 0 Å². The van der Waals surface area contributed by atoms with E-state index in [2.05, 4.69) is 6.92 Å². The molecule has 3 heterocycles. The number of hydrogen-bond donors (Lipinski definition) is 0. The molecular weight excluding hydrogens is 330 g/mol. The minimum atomic E-state index is -0.697. The number of nitrogens with zero attached hydrogens (tertiary/aromatic N) is 1. The van der Waals surface area contributed by atoms with Gasteiger partial charge in [-0.2, -0.15) is 0 Å². The number of benzene rings is 1. The number of hydrogen-bond acceptors (Lipinski definition) is 4. The molecule has 0 aromatic heterocycles. The quantitative estimate of drug-likeness (QED) is 0.447. The molecule has 0 N–H and O–H groups in total. The van der Waals surface area contributed by atoms with E-state index in [1.165, 1.54) is 0 Å². The summed E-state index contributed by atoms with van der Waals surface area (Å²) < 4.78 is 11.6. The molecule has 0 saturated carbocycles. The largest absolute Gasteiger partial charge is 0.465 e. The molecule has 5 heteroatoms. The summed E-state index contributed by atoms with van der Waals surface area (Å²) in [6.07, 6.45) is 6.51. The number of rotatable bonds is 6. The molecule has 138 valence electrons. The third-order valence-corrected chi connectivity index (χ3v) is 5.77. The number of carbonyl (C=O) groups excluding carboxylic acids is 2. The van der Waals surface area contributed by atoms with Gasteiger partial charge in [0.1, 0.15) is 11.5 Å². The van der Waals surface area contributed by atoms with Crippen molar-refractivity contribution in [3.05, 3.63) is 42.0 Å². The lowest BCUT2D eigenvalue weighted by molar-refractivity contribution is -0.152. The van der Waals surface area contributed by atoms with Crippen LogP contribution < -0.4 is 4.90 Å². The van der Waals surface area contributed by atoms with Crippen LogP contribution in [0.1, 0.15) is 31.7 Å². The van der Waals surface area contributed by atoms with Crippen molar-refractivity contribution >= 4 is 17.6 Å². The van der Waals surface area contributed by atoms with Crippen molar-refractivity contribution in [3.63, 3.8) is 0 Å². The minimum absolute atomic E-state index is 0.0401. The molecule has 3 aliphatic heterocycles. The van der Waals surface area contributed by atoms with Crippen LogP contribution in [0.2, 0.25) is 0 Å². The van der Waals surface area contributed by atoms with Crippen LogP contribution in [0.5, 0.6) is 0 Å². The monoisotopic (exact) mass is 355 g/mol. The van der Waals surface area contributed by atoms with Crippen LogP contribution >= 0.6 is 0 Å². The van der Waals surface area contributed by atoms with Crippen molar-refractivity contribution in [2.45, 2.75) is 44.8 Å².